The minimum atomic E-state index is 0.618. The lowest BCUT2D eigenvalue weighted by atomic mass is 9.77. The van der Waals surface area contributed by atoms with Crippen LogP contribution in [0.4, 0.5) is 5.69 Å². The van der Waals surface area contributed by atoms with E-state index in [-0.39, 0.29) is 0 Å². The number of pyridine rings is 1. The highest BCUT2D eigenvalue weighted by molar-refractivity contribution is 5.46. The van der Waals surface area contributed by atoms with Crippen molar-refractivity contribution >= 4 is 5.69 Å². The van der Waals surface area contributed by atoms with Crippen molar-refractivity contribution in [3.05, 3.63) is 24.0 Å². The van der Waals surface area contributed by atoms with Crippen LogP contribution < -0.4 is 4.90 Å². The maximum absolute atomic E-state index is 4.28. The normalized spacial score (nSPS) is 23.8. The summed E-state index contributed by atoms with van der Waals surface area (Å²) in [6.07, 6.45) is 6.02. The number of hydrogen-bond donors (Lipinski definition) is 0. The molecular weight excluding hydrogens is 222 g/mol. The van der Waals surface area contributed by atoms with Crippen LogP contribution in [0.15, 0.2) is 18.3 Å². The number of aromatic nitrogens is 1. The Morgan fingerprint density at radius 3 is 2.50 bits per heavy atom. The molecule has 1 aromatic heterocycles. The average molecular weight is 245 g/mol. The largest absolute Gasteiger partial charge is 0.371 e. The highest BCUT2D eigenvalue weighted by atomic mass is 15.2. The van der Waals surface area contributed by atoms with E-state index in [0.29, 0.717) is 5.41 Å². The number of anilines is 1. The third-order valence-corrected chi connectivity index (χ3v) is 4.70. The minimum absolute atomic E-state index is 0.618. The van der Waals surface area contributed by atoms with Crippen molar-refractivity contribution in [3.8, 4) is 0 Å². The van der Waals surface area contributed by atoms with Crippen molar-refractivity contribution in [2.45, 2.75) is 26.2 Å². The molecule has 3 rings (SSSR count). The van der Waals surface area contributed by atoms with Gasteiger partial charge in [0.05, 0.1) is 0 Å². The second-order valence-electron chi connectivity index (χ2n) is 6.13. The Hall–Kier alpha value is -1.09. The number of rotatable bonds is 1. The van der Waals surface area contributed by atoms with Gasteiger partial charge < -0.3 is 9.80 Å². The van der Waals surface area contributed by atoms with Gasteiger partial charge in [0, 0.05) is 37.2 Å². The molecule has 1 aromatic rings. The molecule has 0 atom stereocenters. The molecule has 2 fully saturated rings. The van der Waals surface area contributed by atoms with E-state index in [0.717, 1.165) is 5.69 Å². The summed E-state index contributed by atoms with van der Waals surface area (Å²) in [4.78, 5) is 9.30. The highest BCUT2D eigenvalue weighted by Gasteiger charge is 2.39. The fraction of sp³-hybridized carbons (Fsp3) is 0.667. The van der Waals surface area contributed by atoms with Gasteiger partial charge in [-0.05, 0) is 57.3 Å². The molecule has 98 valence electrons. The van der Waals surface area contributed by atoms with E-state index in [1.807, 2.05) is 6.20 Å². The SMILES string of the molecule is Cc1cc(N2CCC3(CCN(C)C3)CC2)ccn1. The summed E-state index contributed by atoms with van der Waals surface area (Å²) in [5.74, 6) is 0. The first kappa shape index (κ1) is 12.0. The minimum Gasteiger partial charge on any atom is -0.371 e. The van der Waals surface area contributed by atoms with Crippen LogP contribution in [0.1, 0.15) is 25.0 Å². The molecule has 2 saturated heterocycles. The van der Waals surface area contributed by atoms with Gasteiger partial charge in [0.2, 0.25) is 0 Å². The lowest BCUT2D eigenvalue weighted by Crippen LogP contribution is -2.41. The third kappa shape index (κ3) is 2.24. The summed E-state index contributed by atoms with van der Waals surface area (Å²) in [6.45, 7) is 7.07. The first-order valence-corrected chi connectivity index (χ1v) is 7.03. The van der Waals surface area contributed by atoms with Gasteiger partial charge in [-0.2, -0.15) is 0 Å². The fourth-order valence-corrected chi connectivity index (χ4v) is 3.53. The molecule has 0 radical (unpaired) electrons. The summed E-state index contributed by atoms with van der Waals surface area (Å²) >= 11 is 0. The van der Waals surface area contributed by atoms with E-state index >= 15 is 0 Å². The summed E-state index contributed by atoms with van der Waals surface area (Å²) < 4.78 is 0. The van der Waals surface area contributed by atoms with Crippen molar-refractivity contribution in [1.29, 1.82) is 0 Å². The van der Waals surface area contributed by atoms with Gasteiger partial charge in [0.15, 0.2) is 0 Å². The maximum atomic E-state index is 4.28. The fourth-order valence-electron chi connectivity index (χ4n) is 3.53. The predicted molar refractivity (Wildman–Crippen MR) is 75.0 cm³/mol. The van der Waals surface area contributed by atoms with Crippen LogP contribution in [-0.4, -0.2) is 43.1 Å². The van der Waals surface area contributed by atoms with E-state index in [4.69, 9.17) is 0 Å². The molecular formula is C15H23N3. The Kier molecular flexibility index (Phi) is 3.02. The lowest BCUT2D eigenvalue weighted by molar-refractivity contribution is 0.222. The van der Waals surface area contributed by atoms with Crippen LogP contribution in [0.5, 0.6) is 0 Å². The predicted octanol–water partition coefficient (Wildman–Crippen LogP) is 2.31. The van der Waals surface area contributed by atoms with E-state index < -0.39 is 0 Å². The van der Waals surface area contributed by atoms with Crippen LogP contribution in [0.2, 0.25) is 0 Å². The van der Waals surface area contributed by atoms with Gasteiger partial charge in [-0.25, -0.2) is 0 Å². The van der Waals surface area contributed by atoms with Crippen LogP contribution >= 0.6 is 0 Å². The summed E-state index contributed by atoms with van der Waals surface area (Å²) in [5.41, 5.74) is 3.09. The monoisotopic (exact) mass is 245 g/mol. The zero-order valence-electron chi connectivity index (χ0n) is 11.5. The zero-order valence-corrected chi connectivity index (χ0v) is 11.5. The van der Waals surface area contributed by atoms with Gasteiger partial charge >= 0.3 is 0 Å². The van der Waals surface area contributed by atoms with Gasteiger partial charge in [-0.1, -0.05) is 0 Å². The summed E-state index contributed by atoms with van der Waals surface area (Å²) in [6, 6.07) is 4.35. The molecule has 2 aliphatic heterocycles. The van der Waals surface area contributed by atoms with Gasteiger partial charge in [-0.3, -0.25) is 4.98 Å². The smallest absolute Gasteiger partial charge is 0.0399 e. The number of hydrogen-bond acceptors (Lipinski definition) is 3. The Morgan fingerprint density at radius 1 is 1.17 bits per heavy atom. The topological polar surface area (TPSA) is 19.4 Å². The summed E-state index contributed by atoms with van der Waals surface area (Å²) in [7, 11) is 2.26. The van der Waals surface area contributed by atoms with Crippen LogP contribution in [0.3, 0.4) is 0 Å². The van der Waals surface area contributed by atoms with Crippen molar-refractivity contribution in [2.75, 3.05) is 38.1 Å². The van der Waals surface area contributed by atoms with Crippen molar-refractivity contribution in [2.24, 2.45) is 5.41 Å². The van der Waals surface area contributed by atoms with E-state index in [1.165, 1.54) is 51.1 Å². The molecule has 3 nitrogen and oxygen atoms in total. The van der Waals surface area contributed by atoms with Gasteiger partial charge in [0.1, 0.15) is 0 Å². The number of likely N-dealkylation sites (tertiary alicyclic amines) is 1. The average Bonchev–Trinajstić information content (AvgIpc) is 2.72. The molecule has 1 spiro atoms. The molecule has 3 heterocycles. The highest BCUT2D eigenvalue weighted by Crippen LogP contribution is 2.40. The Bertz CT molecular complexity index is 422. The first-order valence-electron chi connectivity index (χ1n) is 7.03. The standard InChI is InChI=1S/C15H23N3/c1-13-11-14(3-7-16-13)18-9-5-15(6-10-18)4-8-17(2)12-15/h3,7,11H,4-6,8-10,12H2,1-2H3. The van der Waals surface area contributed by atoms with Crippen LogP contribution in [0, 0.1) is 12.3 Å². The quantitative estimate of drug-likeness (QED) is 0.757. The molecule has 3 heteroatoms. The number of nitrogens with zero attached hydrogens (tertiary/aromatic N) is 3. The Balaban J connectivity index is 1.67. The third-order valence-electron chi connectivity index (χ3n) is 4.70. The molecule has 0 N–H and O–H groups in total. The van der Waals surface area contributed by atoms with Crippen LogP contribution in [0.25, 0.3) is 0 Å². The van der Waals surface area contributed by atoms with Crippen molar-refractivity contribution in [1.82, 2.24) is 9.88 Å². The molecule has 2 aliphatic rings. The molecule has 0 bridgehead atoms. The first-order chi connectivity index (χ1) is 8.67. The second-order valence-corrected chi connectivity index (χ2v) is 6.13. The maximum Gasteiger partial charge on any atom is 0.0399 e. The zero-order chi connectivity index (χ0) is 12.6. The molecule has 18 heavy (non-hydrogen) atoms. The Labute approximate surface area is 110 Å². The molecule has 0 saturated carbocycles. The Morgan fingerprint density at radius 2 is 1.89 bits per heavy atom. The number of aryl methyl sites for hydroxylation is 1. The summed E-state index contributed by atoms with van der Waals surface area (Å²) in [5, 5.41) is 0. The van der Waals surface area contributed by atoms with Gasteiger partial charge in [-0.15, -0.1) is 0 Å². The molecule has 0 aromatic carbocycles. The number of piperidine rings is 1. The van der Waals surface area contributed by atoms with Crippen LogP contribution in [-0.2, 0) is 0 Å². The lowest BCUT2D eigenvalue weighted by Gasteiger charge is -2.40. The van der Waals surface area contributed by atoms with E-state index in [2.05, 4.69) is 40.9 Å². The molecule has 0 aliphatic carbocycles. The second kappa shape index (κ2) is 4.54. The molecule has 0 amide bonds. The van der Waals surface area contributed by atoms with Crippen molar-refractivity contribution in [3.63, 3.8) is 0 Å². The van der Waals surface area contributed by atoms with E-state index in [1.54, 1.807) is 0 Å². The van der Waals surface area contributed by atoms with Gasteiger partial charge in [0.25, 0.3) is 0 Å². The molecule has 0 unspecified atom stereocenters. The van der Waals surface area contributed by atoms with E-state index in [9.17, 15) is 0 Å². The van der Waals surface area contributed by atoms with Crippen molar-refractivity contribution < 1.29 is 0 Å².